The zero-order valence-electron chi connectivity index (χ0n) is 16.4. The Balaban J connectivity index is 1.76. The zero-order valence-corrected chi connectivity index (χ0v) is 17.2. The molecule has 4 rings (SSSR count). The summed E-state index contributed by atoms with van der Waals surface area (Å²) in [5, 5.41) is 4.36. The third kappa shape index (κ3) is 3.65. The summed E-state index contributed by atoms with van der Waals surface area (Å²) in [7, 11) is 0. The fourth-order valence-electron chi connectivity index (χ4n) is 3.92. The van der Waals surface area contributed by atoms with E-state index < -0.39 is 0 Å². The van der Waals surface area contributed by atoms with Crippen LogP contribution >= 0.6 is 12.6 Å². The molecule has 3 aromatic rings. The number of aromatic nitrogens is 3. The van der Waals surface area contributed by atoms with Crippen molar-refractivity contribution in [1.29, 1.82) is 0 Å². The number of hydrogen-bond acceptors (Lipinski definition) is 4. The summed E-state index contributed by atoms with van der Waals surface area (Å²) in [6, 6.07) is 9.78. The van der Waals surface area contributed by atoms with Gasteiger partial charge in [0.2, 0.25) is 0 Å². The first kappa shape index (κ1) is 19.0. The van der Waals surface area contributed by atoms with Crippen molar-refractivity contribution in [2.24, 2.45) is 0 Å². The number of carbonyl (C=O) groups excluding carboxylic acids is 1. The van der Waals surface area contributed by atoms with Gasteiger partial charge in [0.25, 0.3) is 5.91 Å². The number of rotatable bonds is 1. The van der Waals surface area contributed by atoms with Crippen molar-refractivity contribution in [3.8, 4) is 0 Å². The van der Waals surface area contributed by atoms with E-state index in [4.69, 9.17) is 4.98 Å². The monoisotopic (exact) mass is 394 g/mol. The first-order chi connectivity index (χ1) is 13.5. The molecule has 6 heteroatoms. The molecule has 146 valence electrons. The van der Waals surface area contributed by atoms with Gasteiger partial charge in [0, 0.05) is 29.1 Å². The summed E-state index contributed by atoms with van der Waals surface area (Å²) < 4.78 is 2.29. The molecule has 3 aromatic heterocycles. The molecule has 0 saturated heterocycles. The minimum atomic E-state index is -0.187. The second kappa shape index (κ2) is 7.95. The summed E-state index contributed by atoms with van der Waals surface area (Å²) in [6.07, 6.45) is 5.73. The molecule has 0 radical (unpaired) electrons. The van der Waals surface area contributed by atoms with Gasteiger partial charge in [0.05, 0.1) is 23.0 Å². The Labute approximate surface area is 171 Å². The molecular weight excluding hydrogens is 368 g/mol. The highest BCUT2D eigenvalue weighted by atomic mass is 32.1. The van der Waals surface area contributed by atoms with E-state index >= 15 is 0 Å². The summed E-state index contributed by atoms with van der Waals surface area (Å²) in [5.74, 6) is -0.0883. The third-order valence-corrected chi connectivity index (χ3v) is 5.71. The summed E-state index contributed by atoms with van der Waals surface area (Å²) in [4.78, 5) is 22.2. The lowest BCUT2D eigenvalue weighted by Gasteiger charge is -2.17. The van der Waals surface area contributed by atoms with Crippen LogP contribution in [0, 0.1) is 0 Å². The predicted molar refractivity (Wildman–Crippen MR) is 115 cm³/mol. The maximum atomic E-state index is 12.9. The Morgan fingerprint density at radius 2 is 2.11 bits per heavy atom. The number of thiol groups is 1. The molecule has 5 nitrogen and oxygen atoms in total. The number of hydrogen-bond donors (Lipinski definition) is 2. The van der Waals surface area contributed by atoms with Crippen molar-refractivity contribution >= 4 is 29.6 Å². The lowest BCUT2D eigenvalue weighted by molar-refractivity contribution is 0.0937. The first-order valence-electron chi connectivity index (χ1n) is 9.97. The molecule has 2 unspecified atom stereocenters. The number of nitrogens with zero attached hydrogens (tertiary/aromatic N) is 3. The molecule has 28 heavy (non-hydrogen) atoms. The molecule has 1 amide bonds. The van der Waals surface area contributed by atoms with E-state index in [0.29, 0.717) is 5.56 Å². The van der Waals surface area contributed by atoms with E-state index in [1.807, 2.05) is 25.1 Å². The third-order valence-electron chi connectivity index (χ3n) is 5.45. The van der Waals surface area contributed by atoms with Crippen LogP contribution in [-0.2, 0) is 13.0 Å². The van der Waals surface area contributed by atoms with Gasteiger partial charge in [-0.1, -0.05) is 6.42 Å². The molecule has 0 saturated carbocycles. The van der Waals surface area contributed by atoms with Crippen molar-refractivity contribution in [2.75, 3.05) is 0 Å². The molecule has 0 aliphatic carbocycles. The summed E-state index contributed by atoms with van der Waals surface area (Å²) >= 11 is 4.67. The van der Waals surface area contributed by atoms with Gasteiger partial charge in [-0.25, -0.2) is 4.98 Å². The van der Waals surface area contributed by atoms with E-state index in [9.17, 15) is 4.79 Å². The zero-order chi connectivity index (χ0) is 19.7. The second-order valence-corrected chi connectivity index (χ2v) is 8.32. The molecule has 1 aliphatic heterocycles. The second-order valence-electron chi connectivity index (χ2n) is 7.55. The molecule has 0 fully saturated rings. The van der Waals surface area contributed by atoms with Gasteiger partial charge in [-0.15, -0.1) is 0 Å². The van der Waals surface area contributed by atoms with Gasteiger partial charge >= 0.3 is 0 Å². The maximum absolute atomic E-state index is 12.9. The number of aryl methyl sites for hydroxylation is 2. The normalized spacial score (nSPS) is 19.1. The van der Waals surface area contributed by atoms with Crippen LogP contribution in [0.3, 0.4) is 0 Å². The van der Waals surface area contributed by atoms with Crippen molar-refractivity contribution < 1.29 is 4.79 Å². The Morgan fingerprint density at radius 1 is 1.25 bits per heavy atom. The van der Waals surface area contributed by atoms with Gasteiger partial charge in [0.1, 0.15) is 5.65 Å². The highest BCUT2D eigenvalue weighted by Crippen LogP contribution is 2.28. The molecular formula is C22H26N4OS. The van der Waals surface area contributed by atoms with Crippen molar-refractivity contribution in [3.05, 3.63) is 59.2 Å². The summed E-state index contributed by atoms with van der Waals surface area (Å²) in [6.45, 7) is 5.00. The van der Waals surface area contributed by atoms with Gasteiger partial charge in [0.15, 0.2) is 0 Å². The Hall–Kier alpha value is -2.34. The molecule has 2 bridgehead atoms. The highest BCUT2D eigenvalue weighted by molar-refractivity contribution is 7.80. The van der Waals surface area contributed by atoms with Gasteiger partial charge in [-0.05, 0) is 63.4 Å². The number of nitrogens with one attached hydrogen (secondary N) is 1. The largest absolute Gasteiger partial charge is 0.344 e. The van der Waals surface area contributed by atoms with Gasteiger partial charge in [-0.2, -0.15) is 12.6 Å². The fraction of sp³-hybridized carbons (Fsp3) is 0.409. The molecule has 1 aliphatic rings. The van der Waals surface area contributed by atoms with E-state index in [2.05, 4.69) is 46.6 Å². The van der Waals surface area contributed by atoms with Crippen LogP contribution < -0.4 is 5.32 Å². The standard InChI is InChI=1S/C22H26N4OS/c1-14-18-10-9-16-13-20(15(2)28)26(21(16)25-18)12-5-3-4-8-19-17(22(27)24-14)7-6-11-23-19/h6-7,9-11,13-15,28H,3-5,8,12H2,1-2H3,(H,24,27). The number of fused-ring (bicyclic) bond motifs is 2. The quantitative estimate of drug-likeness (QED) is 0.591. The van der Waals surface area contributed by atoms with E-state index in [0.717, 1.165) is 54.6 Å². The average Bonchev–Trinajstić information content (AvgIpc) is 3.05. The first-order valence-corrected chi connectivity index (χ1v) is 10.5. The minimum Gasteiger partial charge on any atom is -0.344 e. The molecule has 0 spiro atoms. The van der Waals surface area contributed by atoms with Crippen molar-refractivity contribution in [3.63, 3.8) is 0 Å². The Bertz CT molecular complexity index is 1010. The van der Waals surface area contributed by atoms with Crippen LogP contribution in [0.2, 0.25) is 0 Å². The van der Waals surface area contributed by atoms with Gasteiger partial charge in [-0.3, -0.25) is 9.78 Å². The molecule has 1 N–H and O–H groups in total. The van der Waals surface area contributed by atoms with Crippen molar-refractivity contribution in [2.45, 2.75) is 57.4 Å². The SMILES string of the molecule is CC(S)c1cc2ccc3nc2n1CCCCCc1ncccc1C(=O)NC3C. The van der Waals surface area contributed by atoms with Crippen LogP contribution in [0.4, 0.5) is 0 Å². The molecule has 0 aromatic carbocycles. The Morgan fingerprint density at radius 3 is 2.93 bits per heavy atom. The minimum absolute atomic E-state index is 0.0883. The van der Waals surface area contributed by atoms with E-state index in [-0.39, 0.29) is 17.2 Å². The van der Waals surface area contributed by atoms with Crippen LogP contribution in [0.15, 0.2) is 36.5 Å². The fourth-order valence-corrected chi connectivity index (χ4v) is 4.13. The number of carbonyl (C=O) groups is 1. The van der Waals surface area contributed by atoms with Gasteiger partial charge < -0.3 is 9.88 Å². The average molecular weight is 395 g/mol. The molecule has 4 heterocycles. The van der Waals surface area contributed by atoms with Crippen LogP contribution in [0.5, 0.6) is 0 Å². The van der Waals surface area contributed by atoms with E-state index in [1.165, 1.54) is 5.69 Å². The highest BCUT2D eigenvalue weighted by Gasteiger charge is 2.19. The lowest BCUT2D eigenvalue weighted by atomic mass is 10.1. The number of amides is 1. The van der Waals surface area contributed by atoms with Crippen LogP contribution in [-0.4, -0.2) is 20.4 Å². The smallest absolute Gasteiger partial charge is 0.253 e. The molecule has 2 atom stereocenters. The predicted octanol–water partition coefficient (Wildman–Crippen LogP) is 4.64. The number of pyridine rings is 2. The maximum Gasteiger partial charge on any atom is 0.253 e. The van der Waals surface area contributed by atoms with Crippen molar-refractivity contribution in [1.82, 2.24) is 19.9 Å². The summed E-state index contributed by atoms with van der Waals surface area (Å²) in [5.41, 5.74) is 4.58. The van der Waals surface area contributed by atoms with E-state index in [1.54, 1.807) is 6.20 Å². The Kier molecular flexibility index (Phi) is 5.40. The van der Waals surface area contributed by atoms with Crippen LogP contribution in [0.25, 0.3) is 11.0 Å². The topological polar surface area (TPSA) is 59.8 Å². The van der Waals surface area contributed by atoms with Crippen LogP contribution in [0.1, 0.15) is 71.8 Å². The lowest BCUT2D eigenvalue weighted by Crippen LogP contribution is -2.28.